The summed E-state index contributed by atoms with van der Waals surface area (Å²) in [6.07, 6.45) is -0.760. The number of alkyl halides is 3. The van der Waals surface area contributed by atoms with Crippen LogP contribution >= 0.6 is 0 Å². The number of hydrogen-bond acceptors (Lipinski definition) is 3. The lowest BCUT2D eigenvalue weighted by molar-refractivity contribution is -0.137. The van der Waals surface area contributed by atoms with E-state index in [1.807, 2.05) is 22.7 Å². The Kier molecular flexibility index (Phi) is 5.16. The molecule has 2 aromatic carbocycles. The van der Waals surface area contributed by atoms with Crippen LogP contribution in [0.3, 0.4) is 0 Å². The average molecular weight is 472 g/mol. The summed E-state index contributed by atoms with van der Waals surface area (Å²) in [6.45, 7) is -0.140. The molecule has 5 rings (SSSR count). The van der Waals surface area contributed by atoms with Crippen LogP contribution in [0.5, 0.6) is 0 Å². The van der Waals surface area contributed by atoms with Crippen molar-refractivity contribution in [1.29, 1.82) is 0 Å². The van der Waals surface area contributed by atoms with E-state index in [1.54, 1.807) is 24.3 Å². The number of nitrogens with zero attached hydrogens (tertiary/aromatic N) is 3. The van der Waals surface area contributed by atoms with Gasteiger partial charge < -0.3 is 4.40 Å². The Balaban J connectivity index is 1.65. The molecule has 0 spiro atoms. The molecular formula is C24H20F3N3O2S. The van der Waals surface area contributed by atoms with Crippen LogP contribution in [0.1, 0.15) is 35.6 Å². The van der Waals surface area contributed by atoms with Crippen molar-refractivity contribution in [2.24, 2.45) is 0 Å². The predicted octanol–water partition coefficient (Wildman–Crippen LogP) is 5.63. The molecule has 1 aliphatic rings. The molecule has 1 aliphatic carbocycles. The molecule has 0 radical (unpaired) electrons. The Labute approximate surface area is 189 Å². The van der Waals surface area contributed by atoms with Crippen LogP contribution in [0.15, 0.2) is 83.9 Å². The third-order valence-corrected chi connectivity index (χ3v) is 7.44. The summed E-state index contributed by atoms with van der Waals surface area (Å²) in [5.41, 5.74) is 1.07. The lowest BCUT2D eigenvalue weighted by Gasteiger charge is -2.24. The van der Waals surface area contributed by atoms with Crippen LogP contribution < -0.4 is 4.31 Å². The minimum absolute atomic E-state index is 0.0933. The highest BCUT2D eigenvalue weighted by atomic mass is 32.2. The Hall–Kier alpha value is -3.33. The molecule has 2 aromatic heterocycles. The quantitative estimate of drug-likeness (QED) is 0.367. The Morgan fingerprint density at radius 2 is 1.61 bits per heavy atom. The zero-order chi connectivity index (χ0) is 23.2. The standard InChI is InChI=1S/C24H20F3N3O2S/c25-24(26,27)19-13-9-17(10-14-19)16-30(33(31,32)20-6-2-1-3-7-20)23-22(18-11-12-18)29-15-5-4-8-21(29)28-23/h1-10,13-15,18H,11-12,16H2. The van der Waals surface area contributed by atoms with Gasteiger partial charge in [0.05, 0.1) is 22.7 Å². The van der Waals surface area contributed by atoms with Gasteiger partial charge in [-0.2, -0.15) is 13.2 Å². The van der Waals surface area contributed by atoms with Gasteiger partial charge in [-0.25, -0.2) is 17.7 Å². The fourth-order valence-corrected chi connectivity index (χ4v) is 5.32. The van der Waals surface area contributed by atoms with Crippen LogP contribution in [-0.2, 0) is 22.7 Å². The minimum atomic E-state index is -4.46. The first-order valence-corrected chi connectivity index (χ1v) is 11.9. The van der Waals surface area contributed by atoms with E-state index in [0.717, 1.165) is 30.7 Å². The van der Waals surface area contributed by atoms with Gasteiger partial charge >= 0.3 is 6.18 Å². The first-order chi connectivity index (χ1) is 15.7. The molecule has 0 amide bonds. The second-order valence-electron chi connectivity index (χ2n) is 8.04. The summed E-state index contributed by atoms with van der Waals surface area (Å²) in [5.74, 6) is 0.492. The molecular weight excluding hydrogens is 451 g/mol. The van der Waals surface area contributed by atoms with Crippen molar-refractivity contribution < 1.29 is 21.6 Å². The Bertz CT molecular complexity index is 1390. The number of benzene rings is 2. The summed E-state index contributed by atoms with van der Waals surface area (Å²) in [6, 6.07) is 18.0. The predicted molar refractivity (Wildman–Crippen MR) is 118 cm³/mol. The van der Waals surface area contributed by atoms with Crippen LogP contribution in [0, 0.1) is 0 Å². The number of imidazole rings is 1. The smallest absolute Gasteiger partial charge is 0.302 e. The molecule has 0 saturated heterocycles. The zero-order valence-corrected chi connectivity index (χ0v) is 18.2. The number of sulfonamides is 1. The maximum atomic E-state index is 13.7. The monoisotopic (exact) mass is 471 g/mol. The molecule has 33 heavy (non-hydrogen) atoms. The third-order valence-electron chi connectivity index (χ3n) is 5.69. The maximum Gasteiger partial charge on any atom is 0.416 e. The van der Waals surface area contributed by atoms with E-state index < -0.39 is 21.8 Å². The summed E-state index contributed by atoms with van der Waals surface area (Å²) in [4.78, 5) is 4.74. The highest BCUT2D eigenvalue weighted by molar-refractivity contribution is 7.92. The van der Waals surface area contributed by atoms with Gasteiger partial charge in [0.1, 0.15) is 5.65 Å². The van der Waals surface area contributed by atoms with Gasteiger partial charge in [0.15, 0.2) is 5.82 Å². The van der Waals surface area contributed by atoms with E-state index in [4.69, 9.17) is 0 Å². The Morgan fingerprint density at radius 1 is 0.939 bits per heavy atom. The number of rotatable bonds is 6. The van der Waals surface area contributed by atoms with Crippen LogP contribution in [0.25, 0.3) is 5.65 Å². The van der Waals surface area contributed by atoms with Gasteiger partial charge in [0.2, 0.25) is 0 Å². The molecule has 1 saturated carbocycles. The number of anilines is 1. The van der Waals surface area contributed by atoms with Crippen molar-refractivity contribution in [3.63, 3.8) is 0 Å². The van der Waals surface area contributed by atoms with Crippen LogP contribution in [0.2, 0.25) is 0 Å². The first kappa shape index (κ1) is 21.5. The summed E-state index contributed by atoms with van der Waals surface area (Å²) < 4.78 is 69.6. The van der Waals surface area contributed by atoms with E-state index in [1.165, 1.54) is 28.6 Å². The lowest BCUT2D eigenvalue weighted by Crippen LogP contribution is -2.31. The summed E-state index contributed by atoms with van der Waals surface area (Å²) >= 11 is 0. The SMILES string of the molecule is O=S(=O)(c1ccccc1)N(Cc1ccc(C(F)(F)F)cc1)c1nc2ccccn2c1C1CC1. The van der Waals surface area contributed by atoms with Gasteiger partial charge in [-0.05, 0) is 54.8 Å². The fraction of sp³-hybridized carbons (Fsp3) is 0.208. The fourth-order valence-electron chi connectivity index (χ4n) is 3.88. The molecule has 0 bridgehead atoms. The molecule has 1 fully saturated rings. The van der Waals surface area contributed by atoms with Crippen molar-refractivity contribution in [1.82, 2.24) is 9.38 Å². The zero-order valence-electron chi connectivity index (χ0n) is 17.4. The van der Waals surface area contributed by atoms with Gasteiger partial charge in [0, 0.05) is 12.1 Å². The molecule has 0 aliphatic heterocycles. The van der Waals surface area contributed by atoms with E-state index in [0.29, 0.717) is 17.0 Å². The van der Waals surface area contributed by atoms with Gasteiger partial charge in [-0.1, -0.05) is 36.4 Å². The van der Waals surface area contributed by atoms with Crippen molar-refractivity contribution in [2.75, 3.05) is 4.31 Å². The number of hydrogen-bond donors (Lipinski definition) is 0. The molecule has 5 nitrogen and oxygen atoms in total. The molecule has 170 valence electrons. The van der Waals surface area contributed by atoms with E-state index >= 15 is 0 Å². The average Bonchev–Trinajstić information content (AvgIpc) is 3.57. The largest absolute Gasteiger partial charge is 0.416 e. The lowest BCUT2D eigenvalue weighted by atomic mass is 10.1. The van der Waals surface area contributed by atoms with Crippen molar-refractivity contribution >= 4 is 21.5 Å². The first-order valence-electron chi connectivity index (χ1n) is 10.5. The highest BCUT2D eigenvalue weighted by Crippen LogP contribution is 2.45. The molecule has 0 atom stereocenters. The van der Waals surface area contributed by atoms with E-state index in [-0.39, 0.29) is 17.4 Å². The molecule has 0 N–H and O–H groups in total. The number of pyridine rings is 1. The van der Waals surface area contributed by atoms with E-state index in [2.05, 4.69) is 4.98 Å². The maximum absolute atomic E-state index is 13.7. The highest BCUT2D eigenvalue weighted by Gasteiger charge is 2.37. The molecule has 9 heteroatoms. The third kappa shape index (κ3) is 4.08. The van der Waals surface area contributed by atoms with Crippen molar-refractivity contribution in [3.05, 3.63) is 95.8 Å². The van der Waals surface area contributed by atoms with E-state index in [9.17, 15) is 21.6 Å². The minimum Gasteiger partial charge on any atom is -0.302 e. The van der Waals surface area contributed by atoms with Crippen molar-refractivity contribution in [2.45, 2.75) is 36.4 Å². The summed E-state index contributed by atoms with van der Waals surface area (Å²) in [5, 5.41) is 0. The normalized spacial score (nSPS) is 14.5. The molecule has 0 unspecified atom stereocenters. The second kappa shape index (κ2) is 7.91. The molecule has 2 heterocycles. The topological polar surface area (TPSA) is 54.7 Å². The Morgan fingerprint density at radius 3 is 2.24 bits per heavy atom. The van der Waals surface area contributed by atoms with Gasteiger partial charge in [0.25, 0.3) is 10.0 Å². The molecule has 4 aromatic rings. The number of halogens is 3. The number of fused-ring (bicyclic) bond motifs is 1. The van der Waals surface area contributed by atoms with Crippen LogP contribution in [0.4, 0.5) is 19.0 Å². The second-order valence-corrected chi connectivity index (χ2v) is 9.91. The van der Waals surface area contributed by atoms with Gasteiger partial charge in [-0.3, -0.25) is 0 Å². The summed E-state index contributed by atoms with van der Waals surface area (Å²) in [7, 11) is -4.03. The van der Waals surface area contributed by atoms with Crippen molar-refractivity contribution in [3.8, 4) is 0 Å². The van der Waals surface area contributed by atoms with Gasteiger partial charge in [-0.15, -0.1) is 0 Å². The number of aromatic nitrogens is 2. The van der Waals surface area contributed by atoms with Crippen LogP contribution in [-0.4, -0.2) is 17.8 Å².